The van der Waals surface area contributed by atoms with Gasteiger partial charge in [-0.1, -0.05) is 248 Å². The Morgan fingerprint density at radius 3 is 1.29 bits per heavy atom. The number of nitrogens with zero attached hydrogens (tertiary/aromatic N) is 3. The van der Waals surface area contributed by atoms with Gasteiger partial charge in [0.2, 0.25) is 0 Å². The molecule has 0 fully saturated rings. The molecule has 0 amide bonds. The number of hydrogen-bond donors (Lipinski definition) is 0. The Morgan fingerprint density at radius 1 is 0.268 bits per heavy atom. The van der Waals surface area contributed by atoms with Crippen LogP contribution in [-0.2, 0) is 5.41 Å². The minimum Gasteiger partial charge on any atom is -0.457 e. The van der Waals surface area contributed by atoms with E-state index < -0.39 is 5.41 Å². The third-order valence-electron chi connectivity index (χ3n) is 22.9. The van der Waals surface area contributed by atoms with Crippen molar-refractivity contribution < 1.29 is 9.15 Å². The average Bonchev–Trinajstić information content (AvgIpc) is 1.44. The first-order valence-electron chi connectivity index (χ1n) is 37.8. The van der Waals surface area contributed by atoms with Gasteiger partial charge < -0.3 is 23.9 Å². The first kappa shape index (κ1) is 64.7. The molecule has 0 unspecified atom stereocenters. The molecule has 1 aliphatic heterocycles. The molecule has 4 aromatic heterocycles. The summed E-state index contributed by atoms with van der Waals surface area (Å²) in [6.45, 7) is 0. The molecule has 0 radical (unpaired) electrons. The molecule has 2 aliphatic rings. The molecule has 112 heavy (non-hydrogen) atoms. The maximum atomic E-state index is 8.01. The molecule has 526 valence electrons. The highest BCUT2D eigenvalue weighted by atomic mass is 35.5. The summed E-state index contributed by atoms with van der Waals surface area (Å²) < 4.78 is 22.2. The first-order chi connectivity index (χ1) is 55.4. The molecule has 23 rings (SSSR count). The smallest absolute Gasteiger partial charge is 0.143 e. The number of thiophene rings is 3. The largest absolute Gasteiger partial charge is 0.457 e. The normalized spacial score (nSPS) is 12.7. The molecule has 5 nitrogen and oxygen atoms in total. The summed E-state index contributed by atoms with van der Waals surface area (Å²) in [7, 11) is 0. The Hall–Kier alpha value is -13.3. The lowest BCUT2D eigenvalue weighted by atomic mass is 9.66. The van der Waals surface area contributed by atoms with Crippen molar-refractivity contribution in [1.82, 2.24) is 0 Å². The van der Waals surface area contributed by atoms with Crippen LogP contribution in [-0.4, -0.2) is 0 Å². The van der Waals surface area contributed by atoms with Crippen LogP contribution in [0.5, 0.6) is 11.5 Å². The molecule has 0 saturated heterocycles. The van der Waals surface area contributed by atoms with E-state index in [1.54, 1.807) is 0 Å². The van der Waals surface area contributed by atoms with Crippen molar-refractivity contribution >= 4 is 179 Å². The summed E-state index contributed by atoms with van der Waals surface area (Å²) in [5.41, 5.74) is 22.7. The van der Waals surface area contributed by atoms with Crippen LogP contribution in [0.2, 0.25) is 5.02 Å². The van der Waals surface area contributed by atoms with E-state index in [2.05, 4.69) is 391 Å². The highest BCUT2D eigenvalue weighted by Gasteiger charge is 2.52. The standard InChI is InChI=1S/C103H62ClN3O2S3/c104-87-43-25-42-86-98(87)82-58-70(105(67-30-10-3-11-31-67)73-59-80-75-37-17-21-45-93(75)112-102(80)81(60-73)77-41-24-40-76-74-36-16-20-44-90(74)109-101(76)77)48-51-83(82)103(86)84-52-49-71(106(68-32-12-4-13-33-68)88-54-65(63-26-6-1-7-27-63)56-96-99(88)78-38-18-22-46-94(78)110-96)61-91(84)108-92-62-72(50-53-85(92)103)107(69-34-14-5-15-35-69)89-55-66(64-28-8-2-9-29-64)57-97-100(89)79-39-19-23-47-95(79)111-97/h1-62H. The van der Waals surface area contributed by atoms with Gasteiger partial charge in [0.15, 0.2) is 0 Å². The maximum absolute atomic E-state index is 8.01. The fourth-order valence-corrected chi connectivity index (χ4v) is 22.0. The molecule has 17 aromatic carbocycles. The molecule has 9 heteroatoms. The van der Waals surface area contributed by atoms with Gasteiger partial charge in [-0.05, 0) is 166 Å². The van der Waals surface area contributed by atoms with Crippen LogP contribution in [0.1, 0.15) is 22.3 Å². The molecular formula is C103H62ClN3O2S3. The summed E-state index contributed by atoms with van der Waals surface area (Å²) in [5.74, 6) is 1.46. The Labute approximate surface area is 662 Å². The van der Waals surface area contributed by atoms with E-state index in [0.29, 0.717) is 5.02 Å². The summed E-state index contributed by atoms with van der Waals surface area (Å²) >= 11 is 13.5. The van der Waals surface area contributed by atoms with Gasteiger partial charge in [-0.15, -0.1) is 34.0 Å². The molecule has 1 aliphatic carbocycles. The minimum atomic E-state index is -0.984. The lowest BCUT2D eigenvalue weighted by Crippen LogP contribution is -2.32. The Balaban J connectivity index is 0.778. The summed E-state index contributed by atoms with van der Waals surface area (Å²) in [6, 6.07) is 137. The van der Waals surface area contributed by atoms with Crippen LogP contribution in [0.15, 0.2) is 381 Å². The predicted octanol–water partition coefficient (Wildman–Crippen LogP) is 31.2. The van der Waals surface area contributed by atoms with Crippen LogP contribution in [0.3, 0.4) is 0 Å². The zero-order valence-corrected chi connectivity index (χ0v) is 63.3. The van der Waals surface area contributed by atoms with Crippen LogP contribution in [0.25, 0.3) is 127 Å². The van der Waals surface area contributed by atoms with Gasteiger partial charge in [-0.2, -0.15) is 0 Å². The summed E-state index contributed by atoms with van der Waals surface area (Å²) in [5, 5.41) is 10.0. The molecule has 0 N–H and O–H groups in total. The van der Waals surface area contributed by atoms with Crippen molar-refractivity contribution in [2.45, 2.75) is 5.41 Å². The Kier molecular flexibility index (Phi) is 14.8. The SMILES string of the molecule is Clc1cccc2c1-c1cc(N(c3ccccc3)c3cc(-c4cccc5c4oc4ccccc45)c4sc5ccccc5c4c3)ccc1C21c2ccc(N(c3ccccc3)c3cc(-c4ccccc4)cc4sc5ccccc5c34)cc2Oc2cc(N(c3ccccc3)c3cc(-c4ccccc4)cc4sc5ccccc5c34)ccc21. The summed E-state index contributed by atoms with van der Waals surface area (Å²) in [4.78, 5) is 7.32. The second kappa shape index (κ2) is 25.7. The molecular weight excluding hydrogens is 1440 g/mol. The van der Waals surface area contributed by atoms with E-state index in [4.69, 9.17) is 20.8 Å². The van der Waals surface area contributed by atoms with Crippen molar-refractivity contribution in [3.63, 3.8) is 0 Å². The van der Waals surface area contributed by atoms with Crippen molar-refractivity contribution in [3.8, 4) is 56.0 Å². The second-order valence-electron chi connectivity index (χ2n) is 29.0. The third-order valence-corrected chi connectivity index (χ3v) is 26.7. The van der Waals surface area contributed by atoms with Gasteiger partial charge in [0, 0.05) is 156 Å². The number of anilines is 9. The summed E-state index contributed by atoms with van der Waals surface area (Å²) in [6.07, 6.45) is 0. The zero-order chi connectivity index (χ0) is 73.7. The number of para-hydroxylation sites is 5. The fourth-order valence-electron chi connectivity index (χ4n) is 18.1. The monoisotopic (exact) mass is 1500 g/mol. The van der Waals surface area contributed by atoms with Gasteiger partial charge in [0.05, 0.1) is 16.8 Å². The third kappa shape index (κ3) is 9.99. The number of benzene rings is 17. The van der Waals surface area contributed by atoms with Gasteiger partial charge in [-0.25, -0.2) is 0 Å². The van der Waals surface area contributed by atoms with E-state index in [-0.39, 0.29) is 0 Å². The van der Waals surface area contributed by atoms with E-state index in [9.17, 15) is 0 Å². The molecule has 1 spiro atoms. The zero-order valence-electron chi connectivity index (χ0n) is 60.1. The van der Waals surface area contributed by atoms with Crippen LogP contribution < -0.4 is 19.4 Å². The van der Waals surface area contributed by atoms with Crippen LogP contribution in [0, 0.1) is 0 Å². The van der Waals surface area contributed by atoms with Crippen LogP contribution >= 0.6 is 45.6 Å². The van der Waals surface area contributed by atoms with E-state index >= 15 is 0 Å². The topological polar surface area (TPSA) is 32.1 Å². The lowest BCUT2D eigenvalue weighted by molar-refractivity contribution is 0.436. The van der Waals surface area contributed by atoms with E-state index in [1.807, 2.05) is 34.0 Å². The highest BCUT2D eigenvalue weighted by Crippen LogP contribution is 2.66. The van der Waals surface area contributed by atoms with Gasteiger partial charge >= 0.3 is 0 Å². The van der Waals surface area contributed by atoms with Crippen molar-refractivity contribution in [2.24, 2.45) is 0 Å². The lowest BCUT2D eigenvalue weighted by Gasteiger charge is -2.40. The van der Waals surface area contributed by atoms with Crippen molar-refractivity contribution in [3.05, 3.63) is 403 Å². The van der Waals surface area contributed by atoms with Gasteiger partial charge in [0.1, 0.15) is 22.7 Å². The minimum absolute atomic E-state index is 0.662. The maximum Gasteiger partial charge on any atom is 0.143 e. The number of hydrogen-bond acceptors (Lipinski definition) is 8. The predicted molar refractivity (Wildman–Crippen MR) is 475 cm³/mol. The van der Waals surface area contributed by atoms with Crippen molar-refractivity contribution in [1.29, 1.82) is 0 Å². The van der Waals surface area contributed by atoms with Crippen LogP contribution in [0.4, 0.5) is 51.2 Å². The molecule has 0 atom stereocenters. The molecule has 21 aromatic rings. The van der Waals surface area contributed by atoms with Crippen molar-refractivity contribution in [2.75, 3.05) is 14.7 Å². The number of ether oxygens (including phenoxy) is 1. The number of rotatable bonds is 12. The first-order valence-corrected chi connectivity index (χ1v) is 40.6. The highest BCUT2D eigenvalue weighted by molar-refractivity contribution is 7.27. The fraction of sp³-hybridized carbons (Fsp3) is 0.00971. The number of fused-ring (bicyclic) bond motifs is 21. The number of halogens is 1. The molecule has 0 bridgehead atoms. The van der Waals surface area contributed by atoms with Gasteiger partial charge in [0.25, 0.3) is 0 Å². The van der Waals surface area contributed by atoms with E-state index in [1.165, 1.54) is 60.5 Å². The quantitative estimate of drug-likeness (QED) is 0.122. The second-order valence-corrected chi connectivity index (χ2v) is 32.7. The average molecular weight is 1510 g/mol. The molecule has 0 saturated carbocycles. The molecule has 5 heterocycles. The Bertz CT molecular complexity index is 7150. The van der Waals surface area contributed by atoms with E-state index in [0.717, 1.165) is 151 Å². The number of furan rings is 1. The van der Waals surface area contributed by atoms with Gasteiger partial charge in [-0.3, -0.25) is 0 Å². The Morgan fingerprint density at radius 2 is 0.723 bits per heavy atom.